The summed E-state index contributed by atoms with van der Waals surface area (Å²) in [6.45, 7) is 3.64. The molecule has 1 amide bonds. The third-order valence-corrected chi connectivity index (χ3v) is 2.80. The maximum absolute atomic E-state index is 11.6. The topological polar surface area (TPSA) is 55.8 Å². The van der Waals surface area contributed by atoms with Crippen LogP contribution < -0.4 is 0 Å². The number of amides is 1. The summed E-state index contributed by atoms with van der Waals surface area (Å²) in [5, 5.41) is 0. The highest BCUT2D eigenvalue weighted by molar-refractivity contribution is 5.82. The Morgan fingerprint density at radius 3 is 2.56 bits per heavy atom. The molecule has 0 saturated carbocycles. The number of hydrogen-bond donors (Lipinski definition) is 0. The standard InChI is InChI=1S/C11H17NO4/c1-4-5-8-6-7-9(10(13)15-2)12(8)11(14)16-3/h4,8-9H,1,5-7H2,2-3H3/t8-,9+/m1/s1. The summed E-state index contributed by atoms with van der Waals surface area (Å²) in [5.41, 5.74) is 0. The van der Waals surface area contributed by atoms with E-state index in [1.165, 1.54) is 19.1 Å². The average molecular weight is 227 g/mol. The molecule has 0 aromatic heterocycles. The van der Waals surface area contributed by atoms with Crippen LogP contribution in [-0.4, -0.2) is 43.3 Å². The summed E-state index contributed by atoms with van der Waals surface area (Å²) in [5.74, 6) is -0.392. The van der Waals surface area contributed by atoms with Crippen molar-refractivity contribution in [1.29, 1.82) is 0 Å². The molecule has 1 aliphatic rings. The van der Waals surface area contributed by atoms with E-state index in [-0.39, 0.29) is 6.04 Å². The van der Waals surface area contributed by atoms with E-state index in [4.69, 9.17) is 0 Å². The van der Waals surface area contributed by atoms with Crippen LogP contribution in [0.25, 0.3) is 0 Å². The van der Waals surface area contributed by atoms with E-state index >= 15 is 0 Å². The van der Waals surface area contributed by atoms with Gasteiger partial charge in [-0.1, -0.05) is 6.08 Å². The number of nitrogens with zero attached hydrogens (tertiary/aromatic N) is 1. The Bertz CT molecular complexity index is 290. The lowest BCUT2D eigenvalue weighted by Gasteiger charge is -2.26. The highest BCUT2D eigenvalue weighted by Gasteiger charge is 2.41. The molecule has 16 heavy (non-hydrogen) atoms. The smallest absolute Gasteiger partial charge is 0.410 e. The van der Waals surface area contributed by atoms with Crippen LogP contribution in [0.5, 0.6) is 0 Å². The van der Waals surface area contributed by atoms with E-state index in [0.717, 1.165) is 6.42 Å². The van der Waals surface area contributed by atoms with Crippen LogP contribution in [0.4, 0.5) is 4.79 Å². The van der Waals surface area contributed by atoms with Crippen LogP contribution in [0.15, 0.2) is 12.7 Å². The van der Waals surface area contributed by atoms with Gasteiger partial charge in [-0.2, -0.15) is 0 Å². The minimum atomic E-state index is -0.526. The van der Waals surface area contributed by atoms with Gasteiger partial charge in [0.15, 0.2) is 0 Å². The number of hydrogen-bond acceptors (Lipinski definition) is 4. The molecule has 1 aliphatic heterocycles. The van der Waals surface area contributed by atoms with E-state index in [2.05, 4.69) is 16.1 Å². The lowest BCUT2D eigenvalue weighted by Crippen LogP contribution is -2.45. The molecular weight excluding hydrogens is 210 g/mol. The van der Waals surface area contributed by atoms with Crippen LogP contribution >= 0.6 is 0 Å². The molecule has 5 nitrogen and oxygen atoms in total. The molecule has 5 heteroatoms. The molecule has 0 bridgehead atoms. The van der Waals surface area contributed by atoms with Crippen LogP contribution in [0.1, 0.15) is 19.3 Å². The Kier molecular flexibility index (Phi) is 4.34. The van der Waals surface area contributed by atoms with Crippen molar-refractivity contribution < 1.29 is 19.1 Å². The molecule has 1 fully saturated rings. The molecule has 0 aliphatic carbocycles. The van der Waals surface area contributed by atoms with E-state index in [1.54, 1.807) is 6.08 Å². The fourth-order valence-electron chi connectivity index (χ4n) is 2.06. The van der Waals surface area contributed by atoms with Gasteiger partial charge >= 0.3 is 12.1 Å². The van der Waals surface area contributed by atoms with Crippen LogP contribution in [-0.2, 0) is 14.3 Å². The number of carbonyl (C=O) groups is 2. The van der Waals surface area contributed by atoms with Crippen molar-refractivity contribution in [2.45, 2.75) is 31.3 Å². The first kappa shape index (κ1) is 12.5. The second kappa shape index (κ2) is 5.53. The Labute approximate surface area is 95.0 Å². The lowest BCUT2D eigenvalue weighted by atomic mass is 10.1. The van der Waals surface area contributed by atoms with Crippen molar-refractivity contribution in [3.05, 3.63) is 12.7 Å². The first-order chi connectivity index (χ1) is 7.65. The van der Waals surface area contributed by atoms with Gasteiger partial charge in [0.25, 0.3) is 0 Å². The number of carbonyl (C=O) groups excluding carboxylic acids is 2. The van der Waals surface area contributed by atoms with Crippen molar-refractivity contribution in [2.24, 2.45) is 0 Å². The minimum absolute atomic E-state index is 0.0194. The van der Waals surface area contributed by atoms with Crippen LogP contribution in [0, 0.1) is 0 Å². The zero-order chi connectivity index (χ0) is 12.1. The second-order valence-electron chi connectivity index (χ2n) is 3.67. The number of esters is 1. The third kappa shape index (κ3) is 2.35. The molecule has 0 aromatic carbocycles. The molecular formula is C11H17NO4. The number of rotatable bonds is 3. The Morgan fingerprint density at radius 2 is 2.06 bits per heavy atom. The van der Waals surface area contributed by atoms with E-state index in [9.17, 15) is 9.59 Å². The number of likely N-dealkylation sites (tertiary alicyclic amines) is 1. The van der Waals surface area contributed by atoms with Crippen molar-refractivity contribution in [1.82, 2.24) is 4.90 Å². The molecule has 0 aromatic rings. The molecule has 0 unspecified atom stereocenters. The molecule has 1 rings (SSSR count). The summed E-state index contributed by atoms with van der Waals surface area (Å²) in [7, 11) is 2.62. The van der Waals surface area contributed by atoms with Crippen molar-refractivity contribution >= 4 is 12.1 Å². The zero-order valence-electron chi connectivity index (χ0n) is 9.64. The van der Waals surface area contributed by atoms with Gasteiger partial charge in [0, 0.05) is 6.04 Å². The molecule has 1 heterocycles. The second-order valence-corrected chi connectivity index (χ2v) is 3.67. The van der Waals surface area contributed by atoms with Gasteiger partial charge in [0.1, 0.15) is 6.04 Å². The summed E-state index contributed by atoms with van der Waals surface area (Å²) < 4.78 is 9.35. The largest absolute Gasteiger partial charge is 0.467 e. The van der Waals surface area contributed by atoms with E-state index in [1.807, 2.05) is 0 Å². The third-order valence-electron chi connectivity index (χ3n) is 2.80. The van der Waals surface area contributed by atoms with Crippen molar-refractivity contribution in [3.63, 3.8) is 0 Å². The molecule has 0 spiro atoms. The molecule has 90 valence electrons. The fraction of sp³-hybridized carbons (Fsp3) is 0.636. The van der Waals surface area contributed by atoms with Gasteiger partial charge in [0.05, 0.1) is 14.2 Å². The van der Waals surface area contributed by atoms with Gasteiger partial charge in [0.2, 0.25) is 0 Å². The predicted molar refractivity (Wildman–Crippen MR) is 57.9 cm³/mol. The number of methoxy groups -OCH3 is 2. The van der Waals surface area contributed by atoms with Crippen LogP contribution in [0.3, 0.4) is 0 Å². The quantitative estimate of drug-likeness (QED) is 0.539. The first-order valence-corrected chi connectivity index (χ1v) is 5.20. The lowest BCUT2D eigenvalue weighted by molar-refractivity contribution is -0.145. The van der Waals surface area contributed by atoms with Gasteiger partial charge in [-0.25, -0.2) is 9.59 Å². The molecule has 0 radical (unpaired) electrons. The van der Waals surface area contributed by atoms with E-state index < -0.39 is 18.1 Å². The normalized spacial score (nSPS) is 24.0. The Hall–Kier alpha value is -1.52. The summed E-state index contributed by atoms with van der Waals surface area (Å²) in [6.07, 6.45) is 3.28. The average Bonchev–Trinajstić information content (AvgIpc) is 2.71. The molecule has 1 saturated heterocycles. The number of ether oxygens (including phenoxy) is 2. The van der Waals surface area contributed by atoms with Gasteiger partial charge in [-0.05, 0) is 19.3 Å². The first-order valence-electron chi connectivity index (χ1n) is 5.20. The molecule has 2 atom stereocenters. The minimum Gasteiger partial charge on any atom is -0.467 e. The summed E-state index contributed by atoms with van der Waals surface area (Å²) in [4.78, 5) is 24.5. The van der Waals surface area contributed by atoms with Gasteiger partial charge < -0.3 is 9.47 Å². The Balaban J connectivity index is 2.82. The highest BCUT2D eigenvalue weighted by atomic mass is 16.5. The Morgan fingerprint density at radius 1 is 1.38 bits per heavy atom. The van der Waals surface area contributed by atoms with Crippen LogP contribution in [0.2, 0.25) is 0 Å². The fourth-order valence-corrected chi connectivity index (χ4v) is 2.06. The zero-order valence-corrected chi connectivity index (χ0v) is 9.64. The molecule has 0 N–H and O–H groups in total. The maximum atomic E-state index is 11.6. The van der Waals surface area contributed by atoms with E-state index in [0.29, 0.717) is 12.8 Å². The summed E-state index contributed by atoms with van der Waals surface area (Å²) in [6, 6.07) is -0.545. The summed E-state index contributed by atoms with van der Waals surface area (Å²) >= 11 is 0. The van der Waals surface area contributed by atoms with Gasteiger partial charge in [-0.15, -0.1) is 6.58 Å². The van der Waals surface area contributed by atoms with Crippen molar-refractivity contribution in [2.75, 3.05) is 14.2 Å². The predicted octanol–water partition coefficient (Wildman–Crippen LogP) is 1.33. The highest BCUT2D eigenvalue weighted by Crippen LogP contribution is 2.28. The van der Waals surface area contributed by atoms with Gasteiger partial charge in [-0.3, -0.25) is 4.90 Å². The maximum Gasteiger partial charge on any atom is 0.410 e. The monoisotopic (exact) mass is 227 g/mol. The SMILES string of the molecule is C=CC[C@@H]1CC[C@@H](C(=O)OC)N1C(=O)OC. The van der Waals surface area contributed by atoms with Crippen molar-refractivity contribution in [3.8, 4) is 0 Å².